The Kier molecular flexibility index (Phi) is 6.65. The maximum absolute atomic E-state index is 11.9. The molecule has 0 aromatic heterocycles. The third kappa shape index (κ3) is 8.32. The minimum Gasteiger partial charge on any atom is -0.492 e. The summed E-state index contributed by atoms with van der Waals surface area (Å²) in [6.07, 6.45) is 0. The molecular weight excluding hydrogens is 266 g/mol. The van der Waals surface area contributed by atoms with Gasteiger partial charge >= 0.3 is 0 Å². The van der Waals surface area contributed by atoms with E-state index in [1.807, 2.05) is 59.1 Å². The largest absolute Gasteiger partial charge is 0.492 e. The van der Waals surface area contributed by atoms with Crippen LogP contribution in [0.25, 0.3) is 0 Å². The van der Waals surface area contributed by atoms with Gasteiger partial charge in [0.05, 0.1) is 6.54 Å². The summed E-state index contributed by atoms with van der Waals surface area (Å²) < 4.78 is 5.64. The summed E-state index contributed by atoms with van der Waals surface area (Å²) in [6.45, 7) is 7.84. The average Bonchev–Trinajstić information content (AvgIpc) is 2.36. The monoisotopic (exact) mass is 293 g/mol. The molecule has 0 saturated heterocycles. The van der Waals surface area contributed by atoms with E-state index in [1.165, 1.54) is 0 Å². The van der Waals surface area contributed by atoms with E-state index in [0.717, 1.165) is 18.0 Å². The maximum atomic E-state index is 11.9. The normalized spacial score (nSPS) is 11.5. The highest BCUT2D eigenvalue weighted by molar-refractivity contribution is 5.92. The first kappa shape index (κ1) is 17.5. The van der Waals surface area contributed by atoms with Crippen molar-refractivity contribution in [3.63, 3.8) is 0 Å². The molecule has 0 heterocycles. The fourth-order valence-corrected chi connectivity index (χ4v) is 1.56. The molecule has 0 radical (unpaired) electrons. The number of nitrogens with zero attached hydrogens (tertiary/aromatic N) is 1. The summed E-state index contributed by atoms with van der Waals surface area (Å²) >= 11 is 0. The Bertz CT molecular complexity index is 453. The number of carbonyl (C=O) groups excluding carboxylic acids is 1. The lowest BCUT2D eigenvalue weighted by atomic mass is 10.1. The van der Waals surface area contributed by atoms with E-state index >= 15 is 0 Å². The minimum atomic E-state index is -0.0749. The molecule has 0 bridgehead atoms. The Balaban J connectivity index is 2.46. The van der Waals surface area contributed by atoms with Gasteiger partial charge in [-0.25, -0.2) is 0 Å². The first-order chi connectivity index (χ1) is 9.76. The van der Waals surface area contributed by atoms with Crippen molar-refractivity contribution in [3.05, 3.63) is 24.3 Å². The molecule has 0 saturated carbocycles. The topological polar surface area (TPSA) is 53.6 Å². The third-order valence-corrected chi connectivity index (χ3v) is 2.70. The SMILES string of the molecule is CN(C)CCOc1cccc(NC(=O)CNC(C)(C)C)c1. The molecule has 1 rings (SSSR count). The van der Waals surface area contributed by atoms with Gasteiger partial charge in [-0.1, -0.05) is 6.07 Å². The van der Waals surface area contributed by atoms with Crippen molar-refractivity contribution in [2.45, 2.75) is 26.3 Å². The van der Waals surface area contributed by atoms with Crippen molar-refractivity contribution < 1.29 is 9.53 Å². The second-order valence-corrected chi connectivity index (χ2v) is 6.33. The number of anilines is 1. The summed E-state index contributed by atoms with van der Waals surface area (Å²) in [7, 11) is 4.00. The van der Waals surface area contributed by atoms with E-state index in [4.69, 9.17) is 4.74 Å². The molecule has 0 aliphatic rings. The molecule has 1 aromatic carbocycles. The number of amides is 1. The van der Waals surface area contributed by atoms with Crippen LogP contribution < -0.4 is 15.4 Å². The number of benzene rings is 1. The molecular formula is C16H27N3O2. The van der Waals surface area contributed by atoms with Gasteiger partial charge in [0.25, 0.3) is 0 Å². The van der Waals surface area contributed by atoms with Gasteiger partial charge in [-0.2, -0.15) is 0 Å². The fraction of sp³-hybridized carbons (Fsp3) is 0.562. The number of ether oxygens (including phenoxy) is 1. The summed E-state index contributed by atoms with van der Waals surface area (Å²) in [5.41, 5.74) is 0.673. The Labute approximate surface area is 127 Å². The van der Waals surface area contributed by atoms with Crippen molar-refractivity contribution in [2.24, 2.45) is 0 Å². The number of hydrogen-bond donors (Lipinski definition) is 2. The standard InChI is InChI=1S/C16H27N3O2/c1-16(2,3)17-12-15(20)18-13-7-6-8-14(11-13)21-10-9-19(4)5/h6-8,11,17H,9-10,12H2,1-5H3,(H,18,20). The lowest BCUT2D eigenvalue weighted by Gasteiger charge is -2.20. The Morgan fingerprint density at radius 3 is 2.62 bits per heavy atom. The van der Waals surface area contributed by atoms with Crippen LogP contribution in [0.1, 0.15) is 20.8 Å². The van der Waals surface area contributed by atoms with Crippen molar-refractivity contribution >= 4 is 11.6 Å². The molecule has 5 heteroatoms. The quantitative estimate of drug-likeness (QED) is 0.807. The molecule has 2 N–H and O–H groups in total. The van der Waals surface area contributed by atoms with Crippen LogP contribution in [0.5, 0.6) is 5.75 Å². The Morgan fingerprint density at radius 2 is 2.00 bits per heavy atom. The first-order valence-electron chi connectivity index (χ1n) is 7.19. The Hall–Kier alpha value is -1.59. The van der Waals surface area contributed by atoms with Crippen LogP contribution >= 0.6 is 0 Å². The van der Waals surface area contributed by atoms with E-state index in [0.29, 0.717) is 6.61 Å². The van der Waals surface area contributed by atoms with Crippen LogP contribution in [-0.4, -0.2) is 50.1 Å². The molecule has 21 heavy (non-hydrogen) atoms. The van der Waals surface area contributed by atoms with Crippen molar-refractivity contribution in [1.82, 2.24) is 10.2 Å². The molecule has 0 fully saturated rings. The van der Waals surface area contributed by atoms with Gasteiger partial charge in [-0.3, -0.25) is 4.79 Å². The van der Waals surface area contributed by atoms with Gasteiger partial charge < -0.3 is 20.3 Å². The van der Waals surface area contributed by atoms with Gasteiger partial charge in [0.1, 0.15) is 12.4 Å². The van der Waals surface area contributed by atoms with E-state index in [9.17, 15) is 4.79 Å². The molecule has 118 valence electrons. The number of hydrogen-bond acceptors (Lipinski definition) is 4. The van der Waals surface area contributed by atoms with Gasteiger partial charge in [0, 0.05) is 23.8 Å². The van der Waals surface area contributed by atoms with E-state index < -0.39 is 0 Å². The Morgan fingerprint density at radius 1 is 1.29 bits per heavy atom. The highest BCUT2D eigenvalue weighted by atomic mass is 16.5. The van der Waals surface area contributed by atoms with Crippen LogP contribution in [0.2, 0.25) is 0 Å². The average molecular weight is 293 g/mol. The third-order valence-electron chi connectivity index (χ3n) is 2.70. The molecule has 0 aliphatic heterocycles. The smallest absolute Gasteiger partial charge is 0.238 e. The number of carbonyl (C=O) groups is 1. The summed E-state index contributed by atoms with van der Waals surface area (Å²) in [5.74, 6) is 0.703. The number of likely N-dealkylation sites (N-methyl/N-ethyl adjacent to an activating group) is 1. The summed E-state index contributed by atoms with van der Waals surface area (Å²) in [5, 5.41) is 6.02. The second-order valence-electron chi connectivity index (χ2n) is 6.33. The lowest BCUT2D eigenvalue weighted by Crippen LogP contribution is -2.41. The van der Waals surface area contributed by atoms with E-state index in [-0.39, 0.29) is 18.0 Å². The van der Waals surface area contributed by atoms with Crippen molar-refractivity contribution in [2.75, 3.05) is 39.1 Å². The second kappa shape index (κ2) is 8.00. The maximum Gasteiger partial charge on any atom is 0.238 e. The molecule has 0 spiro atoms. The predicted octanol–water partition coefficient (Wildman–Crippen LogP) is 1.95. The predicted molar refractivity (Wildman–Crippen MR) is 86.9 cm³/mol. The number of rotatable bonds is 7. The van der Waals surface area contributed by atoms with E-state index in [2.05, 4.69) is 15.5 Å². The van der Waals surface area contributed by atoms with E-state index in [1.54, 1.807) is 0 Å². The van der Waals surface area contributed by atoms with Crippen LogP contribution in [0.15, 0.2) is 24.3 Å². The first-order valence-corrected chi connectivity index (χ1v) is 7.19. The minimum absolute atomic E-state index is 0.0598. The highest BCUT2D eigenvalue weighted by Crippen LogP contribution is 2.17. The zero-order chi connectivity index (χ0) is 15.9. The molecule has 1 amide bonds. The van der Waals surface area contributed by atoms with Crippen LogP contribution in [0.4, 0.5) is 5.69 Å². The van der Waals surface area contributed by atoms with Crippen LogP contribution in [-0.2, 0) is 4.79 Å². The number of nitrogens with one attached hydrogen (secondary N) is 2. The molecule has 0 aliphatic carbocycles. The highest BCUT2D eigenvalue weighted by Gasteiger charge is 2.11. The molecule has 5 nitrogen and oxygen atoms in total. The lowest BCUT2D eigenvalue weighted by molar-refractivity contribution is -0.115. The van der Waals surface area contributed by atoms with Gasteiger partial charge in [0.2, 0.25) is 5.91 Å². The summed E-state index contributed by atoms with van der Waals surface area (Å²) in [4.78, 5) is 13.9. The van der Waals surface area contributed by atoms with Crippen LogP contribution in [0, 0.1) is 0 Å². The summed E-state index contributed by atoms with van der Waals surface area (Å²) in [6, 6.07) is 7.45. The van der Waals surface area contributed by atoms with Crippen LogP contribution in [0.3, 0.4) is 0 Å². The fourth-order valence-electron chi connectivity index (χ4n) is 1.56. The van der Waals surface area contributed by atoms with Crippen molar-refractivity contribution in [3.8, 4) is 5.75 Å². The molecule has 0 unspecified atom stereocenters. The molecule has 1 aromatic rings. The van der Waals surface area contributed by atoms with Gasteiger partial charge in [-0.15, -0.1) is 0 Å². The zero-order valence-corrected chi connectivity index (χ0v) is 13.7. The zero-order valence-electron chi connectivity index (χ0n) is 13.7. The molecule has 0 atom stereocenters. The van der Waals surface area contributed by atoms with Gasteiger partial charge in [-0.05, 0) is 47.0 Å². The van der Waals surface area contributed by atoms with Crippen molar-refractivity contribution in [1.29, 1.82) is 0 Å². The van der Waals surface area contributed by atoms with Gasteiger partial charge in [0.15, 0.2) is 0 Å².